The number of guanidine groups is 1. The monoisotopic (exact) mass is 382 g/mol. The maximum Gasteiger partial charge on any atom is 0.191 e. The molecule has 6 nitrogen and oxygen atoms in total. The van der Waals surface area contributed by atoms with Crippen LogP contribution in [0.25, 0.3) is 0 Å². The fraction of sp³-hybridized carbons (Fsp3) is 0.650. The van der Waals surface area contributed by atoms with E-state index in [1.165, 1.54) is 6.07 Å². The van der Waals surface area contributed by atoms with Gasteiger partial charge in [0.05, 0.1) is 25.9 Å². The minimum Gasteiger partial charge on any atom is -0.379 e. The Bertz CT molecular complexity index is 540. The average molecular weight is 383 g/mol. The van der Waals surface area contributed by atoms with Crippen molar-refractivity contribution in [1.82, 2.24) is 15.5 Å². The molecule has 1 unspecified atom stereocenters. The lowest BCUT2D eigenvalue weighted by molar-refractivity contribution is 0.0487. The second-order valence-electron chi connectivity index (χ2n) is 6.49. The highest BCUT2D eigenvalue weighted by Gasteiger charge is 2.15. The summed E-state index contributed by atoms with van der Waals surface area (Å²) < 4.78 is 24.5. The maximum absolute atomic E-state index is 13.5. The summed E-state index contributed by atoms with van der Waals surface area (Å²) in [5.74, 6) is 0.471. The molecule has 0 aliphatic rings. The number of aliphatic imine (C=N–C) groups is 1. The van der Waals surface area contributed by atoms with Crippen molar-refractivity contribution in [1.29, 1.82) is 0 Å². The van der Waals surface area contributed by atoms with Crippen LogP contribution in [0.15, 0.2) is 29.3 Å². The zero-order valence-electron chi connectivity index (χ0n) is 17.1. The second-order valence-corrected chi connectivity index (χ2v) is 6.49. The average Bonchev–Trinajstić information content (AvgIpc) is 2.65. The Morgan fingerprint density at radius 3 is 2.52 bits per heavy atom. The van der Waals surface area contributed by atoms with Crippen molar-refractivity contribution in [2.45, 2.75) is 25.8 Å². The van der Waals surface area contributed by atoms with E-state index in [-0.39, 0.29) is 11.9 Å². The SMILES string of the molecule is CCCCOCCOCCNC(=NC)NCC(c1cccc(F)c1)N(C)C. The first kappa shape index (κ1) is 23.3. The van der Waals surface area contributed by atoms with Gasteiger partial charge in [0.1, 0.15) is 5.82 Å². The molecule has 0 aliphatic carbocycles. The molecule has 154 valence electrons. The van der Waals surface area contributed by atoms with Crippen molar-refractivity contribution in [2.75, 3.05) is 60.7 Å². The molecular weight excluding hydrogens is 347 g/mol. The predicted molar refractivity (Wildman–Crippen MR) is 109 cm³/mol. The molecule has 1 rings (SSSR count). The van der Waals surface area contributed by atoms with Gasteiger partial charge in [-0.2, -0.15) is 0 Å². The lowest BCUT2D eigenvalue weighted by Crippen LogP contribution is -2.42. The number of benzene rings is 1. The van der Waals surface area contributed by atoms with Crippen LogP contribution in [0, 0.1) is 5.82 Å². The first-order valence-electron chi connectivity index (χ1n) is 9.60. The van der Waals surface area contributed by atoms with Crippen LogP contribution in [0.3, 0.4) is 0 Å². The van der Waals surface area contributed by atoms with E-state index in [1.807, 2.05) is 20.2 Å². The number of hydrogen-bond donors (Lipinski definition) is 2. The number of unbranched alkanes of at least 4 members (excludes halogenated alkanes) is 1. The van der Waals surface area contributed by atoms with Gasteiger partial charge in [-0.3, -0.25) is 4.99 Å². The van der Waals surface area contributed by atoms with E-state index in [4.69, 9.17) is 9.47 Å². The molecule has 1 atom stereocenters. The van der Waals surface area contributed by atoms with Gasteiger partial charge in [0.25, 0.3) is 0 Å². The van der Waals surface area contributed by atoms with E-state index in [1.54, 1.807) is 19.2 Å². The van der Waals surface area contributed by atoms with Crippen LogP contribution in [0.5, 0.6) is 0 Å². The maximum atomic E-state index is 13.5. The molecular formula is C20H35FN4O2. The first-order valence-corrected chi connectivity index (χ1v) is 9.60. The molecule has 0 bridgehead atoms. The molecule has 0 saturated carbocycles. The van der Waals surface area contributed by atoms with Crippen molar-refractivity contribution in [3.63, 3.8) is 0 Å². The van der Waals surface area contributed by atoms with Gasteiger partial charge in [-0.15, -0.1) is 0 Å². The molecule has 0 radical (unpaired) electrons. The fourth-order valence-corrected chi connectivity index (χ4v) is 2.54. The summed E-state index contributed by atoms with van der Waals surface area (Å²) >= 11 is 0. The topological polar surface area (TPSA) is 58.1 Å². The molecule has 0 aliphatic heterocycles. The normalized spacial score (nSPS) is 13.0. The highest BCUT2D eigenvalue weighted by Crippen LogP contribution is 2.18. The Labute approximate surface area is 163 Å². The van der Waals surface area contributed by atoms with Gasteiger partial charge in [0.2, 0.25) is 0 Å². The summed E-state index contributed by atoms with van der Waals surface area (Å²) in [7, 11) is 5.68. The molecule has 1 aromatic rings. The third kappa shape index (κ3) is 10.3. The van der Waals surface area contributed by atoms with E-state index < -0.39 is 0 Å². The summed E-state index contributed by atoms with van der Waals surface area (Å²) in [6, 6.07) is 6.73. The Kier molecular flexibility index (Phi) is 12.4. The molecule has 0 heterocycles. The van der Waals surface area contributed by atoms with Crippen molar-refractivity contribution >= 4 is 5.96 Å². The quantitative estimate of drug-likeness (QED) is 0.312. The zero-order chi connectivity index (χ0) is 19.9. The van der Waals surface area contributed by atoms with Crippen molar-refractivity contribution in [3.8, 4) is 0 Å². The molecule has 0 spiro atoms. The van der Waals surface area contributed by atoms with Crippen LogP contribution in [-0.2, 0) is 9.47 Å². The van der Waals surface area contributed by atoms with Gasteiger partial charge in [0, 0.05) is 26.7 Å². The standard InChI is InChI=1S/C20H35FN4O2/c1-5-6-11-26-13-14-27-12-10-23-20(22-2)24-16-19(25(3)4)17-8-7-9-18(21)15-17/h7-9,15,19H,5-6,10-14,16H2,1-4H3,(H2,22,23,24). The molecule has 0 amide bonds. The van der Waals surface area contributed by atoms with Gasteiger partial charge in [0.15, 0.2) is 5.96 Å². The van der Waals surface area contributed by atoms with E-state index in [0.29, 0.717) is 38.9 Å². The van der Waals surface area contributed by atoms with Crippen LogP contribution in [0.4, 0.5) is 4.39 Å². The van der Waals surface area contributed by atoms with E-state index in [0.717, 1.165) is 25.0 Å². The van der Waals surface area contributed by atoms with Gasteiger partial charge >= 0.3 is 0 Å². The van der Waals surface area contributed by atoms with Crippen LogP contribution >= 0.6 is 0 Å². The Hall–Kier alpha value is -1.70. The van der Waals surface area contributed by atoms with Gasteiger partial charge in [-0.05, 0) is 38.2 Å². The molecule has 2 N–H and O–H groups in total. The minimum absolute atomic E-state index is 0.0377. The fourth-order valence-electron chi connectivity index (χ4n) is 2.54. The zero-order valence-corrected chi connectivity index (χ0v) is 17.1. The smallest absolute Gasteiger partial charge is 0.191 e. The Morgan fingerprint density at radius 2 is 1.89 bits per heavy atom. The van der Waals surface area contributed by atoms with Crippen molar-refractivity contribution in [2.24, 2.45) is 4.99 Å². The van der Waals surface area contributed by atoms with E-state index in [2.05, 4.69) is 27.4 Å². The molecule has 0 fully saturated rings. The summed E-state index contributed by atoms with van der Waals surface area (Å²) in [5, 5.41) is 6.51. The number of hydrogen-bond acceptors (Lipinski definition) is 4. The lowest BCUT2D eigenvalue weighted by Gasteiger charge is -2.26. The number of nitrogens with one attached hydrogen (secondary N) is 2. The molecule has 27 heavy (non-hydrogen) atoms. The van der Waals surface area contributed by atoms with Crippen LogP contribution in [0.1, 0.15) is 31.4 Å². The molecule has 0 saturated heterocycles. The summed E-state index contributed by atoms with van der Waals surface area (Å²) in [5.41, 5.74) is 0.925. The van der Waals surface area contributed by atoms with Crippen molar-refractivity contribution in [3.05, 3.63) is 35.6 Å². The second kappa shape index (κ2) is 14.4. The summed E-state index contributed by atoms with van der Waals surface area (Å²) in [4.78, 5) is 6.27. The summed E-state index contributed by atoms with van der Waals surface area (Å²) in [6.07, 6.45) is 2.23. The third-order valence-electron chi connectivity index (χ3n) is 4.10. The van der Waals surface area contributed by atoms with Crippen LogP contribution < -0.4 is 10.6 Å². The number of nitrogens with zero attached hydrogens (tertiary/aromatic N) is 2. The Balaban J connectivity index is 2.28. The molecule has 0 aromatic heterocycles. The Morgan fingerprint density at radius 1 is 1.15 bits per heavy atom. The summed E-state index contributed by atoms with van der Waals surface area (Å²) in [6.45, 7) is 6.02. The molecule has 7 heteroatoms. The predicted octanol–water partition coefficient (Wildman–Crippen LogP) is 2.43. The first-order chi connectivity index (χ1) is 13.1. The lowest BCUT2D eigenvalue weighted by atomic mass is 10.1. The van der Waals surface area contributed by atoms with Gasteiger partial charge < -0.3 is 25.0 Å². The molecule has 1 aromatic carbocycles. The number of likely N-dealkylation sites (N-methyl/N-ethyl adjacent to an activating group) is 1. The van der Waals surface area contributed by atoms with Gasteiger partial charge in [-0.25, -0.2) is 4.39 Å². The largest absolute Gasteiger partial charge is 0.379 e. The van der Waals surface area contributed by atoms with Gasteiger partial charge in [-0.1, -0.05) is 25.5 Å². The highest BCUT2D eigenvalue weighted by atomic mass is 19.1. The van der Waals surface area contributed by atoms with Crippen LogP contribution in [-0.4, -0.2) is 71.5 Å². The minimum atomic E-state index is -0.224. The van der Waals surface area contributed by atoms with Crippen molar-refractivity contribution < 1.29 is 13.9 Å². The highest BCUT2D eigenvalue weighted by molar-refractivity contribution is 5.79. The van der Waals surface area contributed by atoms with E-state index in [9.17, 15) is 4.39 Å². The number of halogens is 1. The number of rotatable bonds is 13. The van der Waals surface area contributed by atoms with E-state index >= 15 is 0 Å². The third-order valence-corrected chi connectivity index (χ3v) is 4.10. The van der Waals surface area contributed by atoms with Crippen LogP contribution in [0.2, 0.25) is 0 Å². The number of ether oxygens (including phenoxy) is 2.